The third-order valence-electron chi connectivity index (χ3n) is 3.54. The first kappa shape index (κ1) is 15.0. The Bertz CT molecular complexity index is 247. The van der Waals surface area contributed by atoms with Crippen LogP contribution in [0.2, 0.25) is 0 Å². The smallest absolute Gasteiger partial charge is 0.186 e. The third-order valence-corrected chi connectivity index (χ3v) is 4.97. The Morgan fingerprint density at radius 2 is 1.59 bits per heavy atom. The molecule has 17 heavy (non-hydrogen) atoms. The van der Waals surface area contributed by atoms with E-state index in [1.807, 2.05) is 0 Å². The summed E-state index contributed by atoms with van der Waals surface area (Å²) in [5, 5.41) is 0.694. The van der Waals surface area contributed by atoms with E-state index in [1.54, 1.807) is 18.7 Å². The van der Waals surface area contributed by atoms with Crippen LogP contribution >= 0.6 is 11.8 Å². The summed E-state index contributed by atoms with van der Waals surface area (Å²) >= 11 is 1.55. The highest BCUT2D eigenvalue weighted by molar-refractivity contribution is 8.14. The summed E-state index contributed by atoms with van der Waals surface area (Å²) in [5.41, 5.74) is 0. The van der Waals surface area contributed by atoms with E-state index in [1.165, 1.54) is 25.9 Å². The van der Waals surface area contributed by atoms with Crippen LogP contribution in [0.1, 0.15) is 47.5 Å². The first-order valence-electron chi connectivity index (χ1n) is 6.84. The van der Waals surface area contributed by atoms with Crippen molar-refractivity contribution < 1.29 is 4.79 Å². The molecular weight excluding hydrogens is 230 g/mol. The summed E-state index contributed by atoms with van der Waals surface area (Å²) < 4.78 is 0. The van der Waals surface area contributed by atoms with E-state index < -0.39 is 0 Å². The summed E-state index contributed by atoms with van der Waals surface area (Å²) in [4.78, 5) is 14.0. The van der Waals surface area contributed by atoms with Crippen molar-refractivity contribution in [3.63, 3.8) is 0 Å². The zero-order valence-corrected chi connectivity index (χ0v) is 12.7. The molecule has 0 bridgehead atoms. The van der Waals surface area contributed by atoms with E-state index in [0.29, 0.717) is 23.1 Å². The monoisotopic (exact) mass is 257 g/mol. The van der Waals surface area contributed by atoms with Crippen LogP contribution in [0.4, 0.5) is 0 Å². The first-order valence-corrected chi connectivity index (χ1v) is 7.72. The standard InChI is InChI=1S/C14H27NOS/c1-10(2)13(15-8-6-7-9-15)14(11(3)4)17-12(5)16/h10-11,13-14H,6-9H2,1-5H3/t13-,14+/m0/s1. The molecule has 0 radical (unpaired) electrons. The molecule has 0 unspecified atom stereocenters. The molecule has 0 saturated carbocycles. The molecule has 0 aromatic carbocycles. The summed E-state index contributed by atoms with van der Waals surface area (Å²) in [5.74, 6) is 1.17. The number of nitrogens with zero attached hydrogens (tertiary/aromatic N) is 1. The molecule has 1 saturated heterocycles. The van der Waals surface area contributed by atoms with E-state index in [2.05, 4.69) is 32.6 Å². The average molecular weight is 257 g/mol. The molecule has 0 aliphatic carbocycles. The van der Waals surface area contributed by atoms with Gasteiger partial charge in [0.15, 0.2) is 5.12 Å². The number of hydrogen-bond donors (Lipinski definition) is 0. The summed E-state index contributed by atoms with van der Waals surface area (Å²) in [6, 6.07) is 0.548. The van der Waals surface area contributed by atoms with Crippen LogP contribution in [0.15, 0.2) is 0 Å². The van der Waals surface area contributed by atoms with Gasteiger partial charge in [0.25, 0.3) is 0 Å². The van der Waals surface area contributed by atoms with Gasteiger partial charge in [-0.1, -0.05) is 39.5 Å². The number of hydrogen-bond acceptors (Lipinski definition) is 3. The molecule has 1 rings (SSSR count). The van der Waals surface area contributed by atoms with Crippen molar-refractivity contribution in [3.05, 3.63) is 0 Å². The number of thioether (sulfide) groups is 1. The van der Waals surface area contributed by atoms with Crippen molar-refractivity contribution in [3.8, 4) is 0 Å². The predicted octanol–water partition coefficient (Wildman–Crippen LogP) is 3.41. The Labute approximate surface area is 111 Å². The Morgan fingerprint density at radius 3 is 1.94 bits per heavy atom. The van der Waals surface area contributed by atoms with E-state index >= 15 is 0 Å². The van der Waals surface area contributed by atoms with Gasteiger partial charge in [0, 0.05) is 18.2 Å². The fourth-order valence-corrected chi connectivity index (χ4v) is 4.12. The van der Waals surface area contributed by atoms with Gasteiger partial charge in [-0.05, 0) is 37.8 Å². The summed E-state index contributed by atoms with van der Waals surface area (Å²) in [6.45, 7) is 13.2. The third kappa shape index (κ3) is 4.29. The second-order valence-electron chi connectivity index (χ2n) is 5.80. The molecule has 0 amide bonds. The minimum absolute atomic E-state index is 0.258. The van der Waals surface area contributed by atoms with Crippen molar-refractivity contribution in [1.82, 2.24) is 4.90 Å². The molecule has 100 valence electrons. The Hall–Kier alpha value is -0.0200. The second kappa shape index (κ2) is 6.79. The normalized spacial score (nSPS) is 21.1. The van der Waals surface area contributed by atoms with E-state index in [-0.39, 0.29) is 5.12 Å². The van der Waals surface area contributed by atoms with Crippen LogP contribution in [0, 0.1) is 11.8 Å². The Kier molecular flexibility index (Phi) is 6.01. The molecule has 1 heterocycles. The highest BCUT2D eigenvalue weighted by Crippen LogP contribution is 2.32. The van der Waals surface area contributed by atoms with Crippen molar-refractivity contribution in [2.24, 2.45) is 11.8 Å². The number of carbonyl (C=O) groups excluding carboxylic acids is 1. The van der Waals surface area contributed by atoms with Crippen molar-refractivity contribution in [2.45, 2.75) is 58.8 Å². The maximum absolute atomic E-state index is 11.4. The van der Waals surface area contributed by atoms with Gasteiger partial charge in [-0.25, -0.2) is 0 Å². The fourth-order valence-electron chi connectivity index (χ4n) is 2.84. The van der Waals surface area contributed by atoms with E-state index in [9.17, 15) is 4.79 Å². The summed E-state index contributed by atoms with van der Waals surface area (Å²) in [7, 11) is 0. The molecule has 2 atom stereocenters. The zero-order chi connectivity index (χ0) is 13.0. The van der Waals surface area contributed by atoms with Gasteiger partial charge < -0.3 is 0 Å². The van der Waals surface area contributed by atoms with E-state index in [4.69, 9.17) is 0 Å². The zero-order valence-electron chi connectivity index (χ0n) is 11.9. The molecule has 3 heteroatoms. The minimum atomic E-state index is 0.258. The van der Waals surface area contributed by atoms with Gasteiger partial charge in [-0.15, -0.1) is 0 Å². The van der Waals surface area contributed by atoms with Gasteiger partial charge in [0.05, 0.1) is 0 Å². The van der Waals surface area contributed by atoms with Gasteiger partial charge in [-0.2, -0.15) is 0 Å². The van der Waals surface area contributed by atoms with Gasteiger partial charge in [0.1, 0.15) is 0 Å². The topological polar surface area (TPSA) is 20.3 Å². The van der Waals surface area contributed by atoms with E-state index in [0.717, 1.165) is 0 Å². The molecule has 0 N–H and O–H groups in total. The molecule has 0 spiro atoms. The second-order valence-corrected chi connectivity index (χ2v) is 7.15. The van der Waals surface area contributed by atoms with Gasteiger partial charge in [0.2, 0.25) is 0 Å². The van der Waals surface area contributed by atoms with Crippen LogP contribution in [0.3, 0.4) is 0 Å². The molecule has 0 aromatic heterocycles. The molecule has 1 aliphatic heterocycles. The van der Waals surface area contributed by atoms with Crippen LogP contribution in [-0.4, -0.2) is 34.4 Å². The summed E-state index contributed by atoms with van der Waals surface area (Å²) in [6.07, 6.45) is 2.64. The largest absolute Gasteiger partial charge is 0.299 e. The Balaban J connectivity index is 2.80. The van der Waals surface area contributed by atoms with Crippen molar-refractivity contribution in [2.75, 3.05) is 13.1 Å². The highest BCUT2D eigenvalue weighted by atomic mass is 32.2. The van der Waals surface area contributed by atoms with Crippen LogP contribution < -0.4 is 0 Å². The van der Waals surface area contributed by atoms with Crippen LogP contribution in [0.25, 0.3) is 0 Å². The quantitative estimate of drug-likeness (QED) is 0.753. The molecule has 0 aromatic rings. The molecule has 1 fully saturated rings. The average Bonchev–Trinajstić information content (AvgIpc) is 2.68. The SMILES string of the molecule is CC(=O)S[C@H](C(C)C)[C@H](C(C)C)N1CCCC1. The first-order chi connectivity index (χ1) is 7.93. The van der Waals surface area contributed by atoms with Gasteiger partial charge >= 0.3 is 0 Å². The number of likely N-dealkylation sites (tertiary alicyclic amines) is 1. The number of carbonyl (C=O) groups is 1. The maximum atomic E-state index is 11.4. The Morgan fingerprint density at radius 1 is 1.06 bits per heavy atom. The fraction of sp³-hybridized carbons (Fsp3) is 0.929. The lowest BCUT2D eigenvalue weighted by molar-refractivity contribution is -0.109. The van der Waals surface area contributed by atoms with Crippen molar-refractivity contribution in [1.29, 1.82) is 0 Å². The van der Waals surface area contributed by atoms with Gasteiger partial charge in [-0.3, -0.25) is 9.69 Å². The number of rotatable bonds is 5. The lowest BCUT2D eigenvalue weighted by atomic mass is 9.92. The lowest BCUT2D eigenvalue weighted by Gasteiger charge is -2.38. The predicted molar refractivity (Wildman–Crippen MR) is 76.3 cm³/mol. The van der Waals surface area contributed by atoms with Crippen LogP contribution in [0.5, 0.6) is 0 Å². The molecule has 1 aliphatic rings. The maximum Gasteiger partial charge on any atom is 0.186 e. The molecule has 2 nitrogen and oxygen atoms in total. The molecular formula is C14H27NOS. The lowest BCUT2D eigenvalue weighted by Crippen LogP contribution is -2.46. The highest BCUT2D eigenvalue weighted by Gasteiger charge is 2.34. The van der Waals surface area contributed by atoms with Crippen LogP contribution in [-0.2, 0) is 4.79 Å². The van der Waals surface area contributed by atoms with Crippen molar-refractivity contribution >= 4 is 16.9 Å². The minimum Gasteiger partial charge on any atom is -0.299 e.